The molecule has 0 saturated heterocycles. The predicted octanol–water partition coefficient (Wildman–Crippen LogP) is 0.968. The highest BCUT2D eigenvalue weighted by molar-refractivity contribution is 5.77. The molecule has 7 nitrogen and oxygen atoms in total. The van der Waals surface area contributed by atoms with E-state index in [2.05, 4.69) is 15.6 Å². The summed E-state index contributed by atoms with van der Waals surface area (Å²) in [5.41, 5.74) is -0.565. The molecule has 1 unspecified atom stereocenters. The molecular formula is C13H20N4O3. The van der Waals surface area contributed by atoms with Crippen molar-refractivity contribution in [3.8, 4) is 0 Å². The van der Waals surface area contributed by atoms with Crippen LogP contribution in [0, 0.1) is 0 Å². The van der Waals surface area contributed by atoms with Crippen LogP contribution in [0.25, 0.3) is 0 Å². The van der Waals surface area contributed by atoms with E-state index < -0.39 is 11.5 Å². The number of rotatable bonds is 6. The monoisotopic (exact) mass is 280 g/mol. The normalized spacial score (nSPS) is 17.9. The van der Waals surface area contributed by atoms with Gasteiger partial charge in [0.15, 0.2) is 0 Å². The van der Waals surface area contributed by atoms with Gasteiger partial charge in [0.05, 0.1) is 18.3 Å². The highest BCUT2D eigenvalue weighted by Gasteiger charge is 2.40. The van der Waals surface area contributed by atoms with Gasteiger partial charge >= 0.3 is 12.0 Å². The molecule has 1 aromatic heterocycles. The molecule has 1 atom stereocenters. The summed E-state index contributed by atoms with van der Waals surface area (Å²) >= 11 is 0. The fourth-order valence-corrected chi connectivity index (χ4v) is 2.50. The SMILES string of the molecule is CC(Cn1ccnc1)NC(=O)NC1(CC(=O)O)CCC1. The van der Waals surface area contributed by atoms with Crippen molar-refractivity contribution >= 4 is 12.0 Å². The second-order valence-corrected chi connectivity index (χ2v) is 5.46. The van der Waals surface area contributed by atoms with Crippen LogP contribution in [-0.2, 0) is 11.3 Å². The van der Waals surface area contributed by atoms with Gasteiger partial charge in [0.2, 0.25) is 0 Å². The summed E-state index contributed by atoms with van der Waals surface area (Å²) in [5, 5.41) is 14.5. The second-order valence-electron chi connectivity index (χ2n) is 5.46. The first-order chi connectivity index (χ1) is 9.49. The molecule has 0 bridgehead atoms. The van der Waals surface area contributed by atoms with E-state index in [-0.39, 0.29) is 18.5 Å². The van der Waals surface area contributed by atoms with E-state index in [0.717, 1.165) is 19.3 Å². The third kappa shape index (κ3) is 3.72. The molecule has 1 aromatic rings. The Balaban J connectivity index is 1.80. The maximum absolute atomic E-state index is 11.9. The summed E-state index contributed by atoms with van der Waals surface area (Å²) in [6.45, 7) is 2.52. The Bertz CT molecular complexity index is 468. The molecule has 7 heteroatoms. The van der Waals surface area contributed by atoms with Gasteiger partial charge in [-0.2, -0.15) is 0 Å². The first-order valence-corrected chi connectivity index (χ1v) is 6.75. The minimum absolute atomic E-state index is 0.0175. The summed E-state index contributed by atoms with van der Waals surface area (Å²) in [6.07, 6.45) is 7.59. The third-order valence-electron chi connectivity index (χ3n) is 3.60. The van der Waals surface area contributed by atoms with Gasteiger partial charge in [0.1, 0.15) is 0 Å². The number of aromatic nitrogens is 2. The lowest BCUT2D eigenvalue weighted by Crippen LogP contribution is -2.58. The molecule has 20 heavy (non-hydrogen) atoms. The Morgan fingerprint density at radius 3 is 2.75 bits per heavy atom. The molecule has 2 rings (SSSR count). The molecule has 1 aliphatic carbocycles. The first kappa shape index (κ1) is 14.4. The van der Waals surface area contributed by atoms with Crippen LogP contribution in [0.4, 0.5) is 4.79 Å². The van der Waals surface area contributed by atoms with Crippen LogP contribution in [0.5, 0.6) is 0 Å². The number of hydrogen-bond acceptors (Lipinski definition) is 3. The van der Waals surface area contributed by atoms with Crippen molar-refractivity contribution in [2.24, 2.45) is 0 Å². The van der Waals surface area contributed by atoms with Crippen LogP contribution in [0.1, 0.15) is 32.6 Å². The molecule has 1 aliphatic rings. The molecule has 0 spiro atoms. The number of urea groups is 1. The van der Waals surface area contributed by atoms with Crippen LogP contribution in [0.3, 0.4) is 0 Å². The molecule has 3 N–H and O–H groups in total. The molecule has 0 aromatic carbocycles. The molecular weight excluding hydrogens is 260 g/mol. The lowest BCUT2D eigenvalue weighted by molar-refractivity contribution is -0.139. The zero-order valence-electron chi connectivity index (χ0n) is 11.5. The van der Waals surface area contributed by atoms with Gasteiger partial charge in [-0.15, -0.1) is 0 Å². The van der Waals surface area contributed by atoms with Crippen molar-refractivity contribution in [3.63, 3.8) is 0 Å². The van der Waals surface area contributed by atoms with E-state index in [9.17, 15) is 9.59 Å². The number of carbonyl (C=O) groups excluding carboxylic acids is 1. The van der Waals surface area contributed by atoms with E-state index in [0.29, 0.717) is 6.54 Å². The molecule has 0 aliphatic heterocycles. The van der Waals surface area contributed by atoms with Crippen molar-refractivity contribution in [2.45, 2.75) is 50.7 Å². The zero-order valence-corrected chi connectivity index (χ0v) is 11.5. The van der Waals surface area contributed by atoms with Crippen LogP contribution < -0.4 is 10.6 Å². The van der Waals surface area contributed by atoms with E-state index >= 15 is 0 Å². The zero-order chi connectivity index (χ0) is 14.6. The summed E-state index contributed by atoms with van der Waals surface area (Å²) in [5.74, 6) is -0.878. The lowest BCUT2D eigenvalue weighted by atomic mass is 9.74. The second kappa shape index (κ2) is 5.94. The topological polar surface area (TPSA) is 96.3 Å². The van der Waals surface area contributed by atoms with Gasteiger partial charge in [-0.3, -0.25) is 4.79 Å². The van der Waals surface area contributed by atoms with E-state index in [1.165, 1.54) is 0 Å². The Labute approximate surface area is 117 Å². The Morgan fingerprint density at radius 1 is 1.50 bits per heavy atom. The summed E-state index contributed by atoms with van der Waals surface area (Å²) in [7, 11) is 0. The number of carboxylic acids is 1. The molecule has 1 heterocycles. The number of nitrogens with zero attached hydrogens (tertiary/aromatic N) is 2. The maximum Gasteiger partial charge on any atom is 0.315 e. The maximum atomic E-state index is 11.9. The van der Waals surface area contributed by atoms with Crippen LogP contribution in [0.15, 0.2) is 18.7 Å². The third-order valence-corrected chi connectivity index (χ3v) is 3.60. The Hall–Kier alpha value is -2.05. The minimum Gasteiger partial charge on any atom is -0.481 e. The van der Waals surface area contributed by atoms with Crippen molar-refractivity contribution < 1.29 is 14.7 Å². The van der Waals surface area contributed by atoms with Crippen molar-refractivity contribution in [2.75, 3.05) is 0 Å². The smallest absolute Gasteiger partial charge is 0.315 e. The standard InChI is InChI=1S/C13H20N4O3/c1-10(8-17-6-5-14-9-17)15-12(20)16-13(3-2-4-13)7-11(18)19/h5-6,9-10H,2-4,7-8H2,1H3,(H,18,19)(H2,15,16,20). The van der Waals surface area contributed by atoms with Gasteiger partial charge in [-0.25, -0.2) is 9.78 Å². The highest BCUT2D eigenvalue weighted by Crippen LogP contribution is 2.34. The number of hydrogen-bond donors (Lipinski definition) is 3. The van der Waals surface area contributed by atoms with Crippen molar-refractivity contribution in [1.29, 1.82) is 0 Å². The van der Waals surface area contributed by atoms with Gasteiger partial charge in [-0.1, -0.05) is 0 Å². The number of carbonyl (C=O) groups is 2. The summed E-state index contributed by atoms with van der Waals surface area (Å²) in [4.78, 5) is 26.7. The summed E-state index contributed by atoms with van der Waals surface area (Å²) in [6, 6.07) is -0.371. The average molecular weight is 280 g/mol. The van der Waals surface area contributed by atoms with E-state index in [1.807, 2.05) is 17.7 Å². The molecule has 110 valence electrons. The number of amides is 2. The molecule has 0 radical (unpaired) electrons. The Kier molecular flexibility index (Phi) is 4.26. The fraction of sp³-hybridized carbons (Fsp3) is 0.615. The average Bonchev–Trinajstić information content (AvgIpc) is 2.77. The Morgan fingerprint density at radius 2 is 2.25 bits per heavy atom. The molecule has 1 saturated carbocycles. The number of aliphatic carboxylic acids is 1. The van der Waals surface area contributed by atoms with Crippen LogP contribution >= 0.6 is 0 Å². The number of nitrogens with one attached hydrogen (secondary N) is 2. The van der Waals surface area contributed by atoms with Crippen molar-refractivity contribution in [3.05, 3.63) is 18.7 Å². The number of carboxylic acid groups (broad SMARTS) is 1. The predicted molar refractivity (Wildman–Crippen MR) is 72.2 cm³/mol. The highest BCUT2D eigenvalue weighted by atomic mass is 16.4. The van der Waals surface area contributed by atoms with Crippen LogP contribution in [0.2, 0.25) is 0 Å². The number of imidazole rings is 1. The molecule has 1 fully saturated rings. The van der Waals surface area contributed by atoms with Gasteiger partial charge in [-0.05, 0) is 26.2 Å². The molecule has 2 amide bonds. The fourth-order valence-electron chi connectivity index (χ4n) is 2.50. The summed E-state index contributed by atoms with van der Waals surface area (Å²) < 4.78 is 1.88. The first-order valence-electron chi connectivity index (χ1n) is 6.75. The minimum atomic E-state index is -0.878. The van der Waals surface area contributed by atoms with Gasteiger partial charge in [0, 0.05) is 25.0 Å². The quantitative estimate of drug-likeness (QED) is 0.723. The largest absolute Gasteiger partial charge is 0.481 e. The van der Waals surface area contributed by atoms with Crippen molar-refractivity contribution in [1.82, 2.24) is 20.2 Å². The lowest BCUT2D eigenvalue weighted by Gasteiger charge is -2.41. The van der Waals surface area contributed by atoms with Gasteiger partial charge < -0.3 is 20.3 Å². The van der Waals surface area contributed by atoms with Gasteiger partial charge in [0.25, 0.3) is 0 Å². The van der Waals surface area contributed by atoms with E-state index in [1.54, 1.807) is 12.5 Å². The van der Waals surface area contributed by atoms with E-state index in [4.69, 9.17) is 5.11 Å². The van der Waals surface area contributed by atoms with Crippen LogP contribution in [-0.4, -0.2) is 38.2 Å².